The Morgan fingerprint density at radius 2 is 1.87 bits per heavy atom. The van der Waals surface area contributed by atoms with Crippen LogP contribution in [-0.2, 0) is 9.59 Å². The number of hydrogen-bond acceptors (Lipinski definition) is 4. The summed E-state index contributed by atoms with van der Waals surface area (Å²) in [5.41, 5.74) is 3.83. The smallest absolute Gasteiger partial charge is 0.240 e. The third-order valence-corrected chi connectivity index (χ3v) is 7.72. The first-order chi connectivity index (χ1) is 18.5. The quantitative estimate of drug-likeness (QED) is 0.306. The van der Waals surface area contributed by atoms with Crippen LogP contribution in [0.5, 0.6) is 0 Å². The van der Waals surface area contributed by atoms with Crippen LogP contribution < -0.4 is 10.2 Å². The predicted octanol–water partition coefficient (Wildman–Crippen LogP) is 6.03. The van der Waals surface area contributed by atoms with Gasteiger partial charge in [0.1, 0.15) is 18.2 Å². The number of carbonyl (C=O) groups excluding carboxylic acids is 2. The van der Waals surface area contributed by atoms with Crippen molar-refractivity contribution in [3.05, 3.63) is 101 Å². The second kappa shape index (κ2) is 11.4. The zero-order chi connectivity index (χ0) is 26.6. The Kier molecular flexibility index (Phi) is 7.81. The Hall–Kier alpha value is -3.62. The van der Waals surface area contributed by atoms with E-state index in [0.29, 0.717) is 28.8 Å². The van der Waals surface area contributed by atoms with Crippen molar-refractivity contribution in [3.63, 3.8) is 0 Å². The zero-order valence-electron chi connectivity index (χ0n) is 20.7. The van der Waals surface area contributed by atoms with Crippen LogP contribution in [0.3, 0.4) is 0 Å². The molecule has 2 amide bonds. The molecule has 0 fully saturated rings. The number of thioether (sulfide) groups is 1. The van der Waals surface area contributed by atoms with Crippen LogP contribution in [0.2, 0.25) is 5.02 Å². The molecule has 1 aliphatic heterocycles. The van der Waals surface area contributed by atoms with Crippen molar-refractivity contribution in [2.75, 3.05) is 23.7 Å². The summed E-state index contributed by atoms with van der Waals surface area (Å²) in [6.45, 7) is 2.33. The largest absolute Gasteiger partial charge is 0.355 e. The van der Waals surface area contributed by atoms with E-state index in [-0.39, 0.29) is 35.2 Å². The first-order valence-corrected chi connectivity index (χ1v) is 13.8. The van der Waals surface area contributed by atoms with Gasteiger partial charge in [0.15, 0.2) is 0 Å². The molecule has 0 spiro atoms. The summed E-state index contributed by atoms with van der Waals surface area (Å²) in [6, 6.07) is 23.2. The van der Waals surface area contributed by atoms with E-state index in [1.54, 1.807) is 16.8 Å². The van der Waals surface area contributed by atoms with E-state index < -0.39 is 0 Å². The van der Waals surface area contributed by atoms with Crippen molar-refractivity contribution < 1.29 is 14.0 Å². The third-order valence-electron chi connectivity index (χ3n) is 6.23. The van der Waals surface area contributed by atoms with Gasteiger partial charge in [-0.1, -0.05) is 61.0 Å². The molecule has 0 unspecified atom stereocenters. The molecule has 38 heavy (non-hydrogen) atoms. The minimum Gasteiger partial charge on any atom is -0.355 e. The van der Waals surface area contributed by atoms with Crippen molar-refractivity contribution in [1.29, 1.82) is 0 Å². The molecule has 3 aromatic carbocycles. The van der Waals surface area contributed by atoms with Crippen molar-refractivity contribution in [2.45, 2.75) is 18.6 Å². The number of carbonyl (C=O) groups is 2. The lowest BCUT2D eigenvalue weighted by Crippen LogP contribution is -2.42. The molecule has 1 atom stereocenters. The molecule has 0 saturated carbocycles. The maximum absolute atomic E-state index is 13.9. The second-order valence-corrected chi connectivity index (χ2v) is 10.4. The van der Waals surface area contributed by atoms with Gasteiger partial charge >= 0.3 is 0 Å². The fourth-order valence-electron chi connectivity index (χ4n) is 4.49. The van der Waals surface area contributed by atoms with Gasteiger partial charge in [-0.3, -0.25) is 14.5 Å². The van der Waals surface area contributed by atoms with Gasteiger partial charge < -0.3 is 5.32 Å². The molecular formula is C29H26ClFN4O2S. The Morgan fingerprint density at radius 1 is 1.11 bits per heavy atom. The van der Waals surface area contributed by atoms with Crippen molar-refractivity contribution >= 4 is 41.0 Å². The number of amides is 2. The van der Waals surface area contributed by atoms with E-state index in [1.807, 2.05) is 61.5 Å². The number of hydrogen-bond donors (Lipinski definition) is 1. The second-order valence-electron chi connectivity index (χ2n) is 8.92. The van der Waals surface area contributed by atoms with Crippen LogP contribution in [0.1, 0.15) is 29.7 Å². The summed E-state index contributed by atoms with van der Waals surface area (Å²) in [5.74, 6) is -0.206. The van der Waals surface area contributed by atoms with Gasteiger partial charge in [-0.05, 0) is 48.4 Å². The van der Waals surface area contributed by atoms with Crippen molar-refractivity contribution in [1.82, 2.24) is 15.1 Å². The number of anilines is 1. The number of nitrogens with one attached hydrogen (secondary N) is 1. The Morgan fingerprint density at radius 3 is 2.58 bits per heavy atom. The van der Waals surface area contributed by atoms with Crippen LogP contribution in [0.15, 0.2) is 78.9 Å². The molecule has 0 bridgehead atoms. The summed E-state index contributed by atoms with van der Waals surface area (Å²) in [6.07, 6.45) is 0.781. The molecule has 9 heteroatoms. The SMILES string of the molecule is CCCNC(=O)CN1C(=O)CS[C@H](c2cccc(Cl)c2)c2c(-c3ccccc3)nn(-c3ccc(F)cc3)c21. The minimum atomic E-state index is -0.380. The molecule has 4 aromatic rings. The van der Waals surface area contributed by atoms with Gasteiger partial charge in [0.25, 0.3) is 0 Å². The molecule has 2 heterocycles. The van der Waals surface area contributed by atoms with E-state index in [0.717, 1.165) is 23.1 Å². The molecule has 1 N–H and O–H groups in total. The third kappa shape index (κ3) is 5.33. The lowest BCUT2D eigenvalue weighted by atomic mass is 9.99. The summed E-state index contributed by atoms with van der Waals surface area (Å²) < 4.78 is 15.5. The number of halogens is 2. The highest BCUT2D eigenvalue weighted by Crippen LogP contribution is 2.48. The minimum absolute atomic E-state index is 0.157. The highest BCUT2D eigenvalue weighted by Gasteiger charge is 2.37. The average Bonchev–Trinajstić information content (AvgIpc) is 3.25. The molecule has 5 rings (SSSR count). The van der Waals surface area contributed by atoms with Gasteiger partial charge in [-0.15, -0.1) is 11.8 Å². The number of nitrogens with zero attached hydrogens (tertiary/aromatic N) is 3. The molecule has 1 aliphatic rings. The molecular weight excluding hydrogens is 523 g/mol. The van der Waals surface area contributed by atoms with E-state index in [9.17, 15) is 14.0 Å². The molecule has 194 valence electrons. The fraction of sp³-hybridized carbons (Fsp3) is 0.207. The van der Waals surface area contributed by atoms with Gasteiger partial charge in [-0.25, -0.2) is 9.07 Å². The van der Waals surface area contributed by atoms with Crippen molar-refractivity contribution in [3.8, 4) is 16.9 Å². The Bertz CT molecular complexity index is 1460. The summed E-state index contributed by atoms with van der Waals surface area (Å²) in [5, 5.41) is 8.14. The Balaban J connectivity index is 1.78. The van der Waals surface area contributed by atoms with Gasteiger partial charge in [0.05, 0.1) is 22.4 Å². The number of rotatable bonds is 7. The van der Waals surface area contributed by atoms with Crippen LogP contribution in [0.4, 0.5) is 10.2 Å². The first-order valence-electron chi connectivity index (χ1n) is 12.3. The van der Waals surface area contributed by atoms with Crippen LogP contribution >= 0.6 is 23.4 Å². The van der Waals surface area contributed by atoms with Gasteiger partial charge in [-0.2, -0.15) is 5.10 Å². The average molecular weight is 549 g/mol. The summed E-state index contributed by atoms with van der Waals surface area (Å²) in [4.78, 5) is 28.0. The highest BCUT2D eigenvalue weighted by molar-refractivity contribution is 8.00. The first kappa shape index (κ1) is 26.0. The van der Waals surface area contributed by atoms with Crippen LogP contribution in [0.25, 0.3) is 16.9 Å². The molecule has 6 nitrogen and oxygen atoms in total. The number of fused-ring (bicyclic) bond motifs is 1. The predicted molar refractivity (Wildman–Crippen MR) is 150 cm³/mol. The monoisotopic (exact) mass is 548 g/mol. The fourth-order valence-corrected chi connectivity index (χ4v) is 5.87. The maximum atomic E-state index is 13.9. The van der Waals surface area contributed by atoms with E-state index in [2.05, 4.69) is 5.32 Å². The molecule has 1 aromatic heterocycles. The van der Waals surface area contributed by atoms with E-state index in [1.165, 1.54) is 28.8 Å². The summed E-state index contributed by atoms with van der Waals surface area (Å²) >= 11 is 7.85. The van der Waals surface area contributed by atoms with Crippen molar-refractivity contribution in [2.24, 2.45) is 0 Å². The van der Waals surface area contributed by atoms with Gasteiger partial charge in [0, 0.05) is 22.7 Å². The Labute approximate surface area is 229 Å². The van der Waals surface area contributed by atoms with E-state index >= 15 is 0 Å². The molecule has 0 radical (unpaired) electrons. The maximum Gasteiger partial charge on any atom is 0.240 e. The number of benzene rings is 3. The van der Waals surface area contributed by atoms with Crippen LogP contribution in [-0.4, -0.2) is 40.4 Å². The summed E-state index contributed by atoms with van der Waals surface area (Å²) in [7, 11) is 0. The standard InChI is InChI=1S/C29H26ClFN4O2S/c1-2-15-32-24(36)17-34-25(37)18-38-28(20-9-6-10-21(30)16-20)26-27(19-7-4-3-5-8-19)33-35(29(26)34)23-13-11-22(31)12-14-23/h3-14,16,28H,2,15,17-18H2,1H3,(H,32,36)/t28-/m1/s1. The van der Waals surface area contributed by atoms with Crippen LogP contribution in [0, 0.1) is 5.82 Å². The topological polar surface area (TPSA) is 67.2 Å². The lowest BCUT2D eigenvalue weighted by Gasteiger charge is -2.23. The zero-order valence-corrected chi connectivity index (χ0v) is 22.3. The number of aromatic nitrogens is 2. The van der Waals surface area contributed by atoms with Gasteiger partial charge in [0.2, 0.25) is 11.8 Å². The highest BCUT2D eigenvalue weighted by atomic mass is 35.5. The lowest BCUT2D eigenvalue weighted by molar-refractivity contribution is -0.122. The normalized spacial score (nSPS) is 15.2. The molecule has 0 aliphatic carbocycles. The molecule has 0 saturated heterocycles. The van der Waals surface area contributed by atoms with E-state index in [4.69, 9.17) is 16.7 Å².